The Balaban J connectivity index is 1.60. The first-order valence-electron chi connectivity index (χ1n) is 7.21. The van der Waals surface area contributed by atoms with Crippen molar-refractivity contribution in [1.29, 1.82) is 0 Å². The van der Waals surface area contributed by atoms with Crippen LogP contribution in [0.5, 0.6) is 0 Å². The molecule has 3 aliphatic rings. The quantitative estimate of drug-likeness (QED) is 0.729. The fourth-order valence-electron chi connectivity index (χ4n) is 3.80. The minimum atomic E-state index is -1.89. The summed E-state index contributed by atoms with van der Waals surface area (Å²) < 4.78 is 11.8. The van der Waals surface area contributed by atoms with Crippen molar-refractivity contribution in [1.82, 2.24) is 4.90 Å². The molecule has 0 aromatic rings. The van der Waals surface area contributed by atoms with Gasteiger partial charge in [0.15, 0.2) is 6.49 Å². The molecular formula is C13H24NO2PS. The molecule has 2 atom stereocenters. The van der Waals surface area contributed by atoms with Crippen LogP contribution in [0.4, 0.5) is 0 Å². The zero-order chi connectivity index (χ0) is 12.8. The molecule has 0 spiro atoms. The first-order valence-corrected chi connectivity index (χ1v) is 10.0. The SMILES string of the molecule is CCP1(=S)OCC(C2CC3CCC(C2)N3C)CO1. The summed E-state index contributed by atoms with van der Waals surface area (Å²) in [5.41, 5.74) is 0. The molecule has 3 fully saturated rings. The van der Waals surface area contributed by atoms with Gasteiger partial charge < -0.3 is 13.9 Å². The van der Waals surface area contributed by atoms with Crippen LogP contribution in [0.1, 0.15) is 32.6 Å². The molecule has 0 aromatic carbocycles. The molecule has 3 aliphatic heterocycles. The second-order valence-electron chi connectivity index (χ2n) is 6.06. The predicted octanol–water partition coefficient (Wildman–Crippen LogP) is 2.85. The first-order chi connectivity index (χ1) is 8.61. The van der Waals surface area contributed by atoms with Crippen molar-refractivity contribution >= 4 is 18.3 Å². The second-order valence-corrected chi connectivity index (χ2v) is 10.1. The lowest BCUT2D eigenvalue weighted by Crippen LogP contribution is -2.44. The van der Waals surface area contributed by atoms with Gasteiger partial charge in [0.1, 0.15) is 0 Å². The average Bonchev–Trinajstić information content (AvgIpc) is 2.62. The number of hydrogen-bond donors (Lipinski definition) is 0. The maximum Gasteiger partial charge on any atom is 0.188 e. The van der Waals surface area contributed by atoms with Gasteiger partial charge >= 0.3 is 0 Å². The summed E-state index contributed by atoms with van der Waals surface area (Å²) in [6.07, 6.45) is 6.31. The van der Waals surface area contributed by atoms with Crippen LogP contribution in [-0.2, 0) is 20.9 Å². The van der Waals surface area contributed by atoms with Crippen LogP contribution in [-0.4, -0.2) is 43.4 Å². The highest BCUT2D eigenvalue weighted by molar-refractivity contribution is 8.09. The van der Waals surface area contributed by atoms with E-state index in [1.165, 1.54) is 25.7 Å². The van der Waals surface area contributed by atoms with E-state index in [0.29, 0.717) is 5.92 Å². The topological polar surface area (TPSA) is 21.7 Å². The number of fused-ring (bicyclic) bond motifs is 2. The summed E-state index contributed by atoms with van der Waals surface area (Å²) in [6, 6.07) is 1.62. The van der Waals surface area contributed by atoms with Crippen molar-refractivity contribution in [2.75, 3.05) is 26.4 Å². The van der Waals surface area contributed by atoms with Gasteiger partial charge in [-0.3, -0.25) is 0 Å². The van der Waals surface area contributed by atoms with E-state index in [1.54, 1.807) is 0 Å². The number of rotatable bonds is 2. The van der Waals surface area contributed by atoms with Gasteiger partial charge in [-0.05, 0) is 50.5 Å². The van der Waals surface area contributed by atoms with Gasteiger partial charge in [-0.25, -0.2) is 0 Å². The normalized spacial score (nSPS) is 49.4. The lowest BCUT2D eigenvalue weighted by atomic mass is 9.81. The fourth-order valence-corrected chi connectivity index (χ4v) is 5.44. The number of hydrogen-bond acceptors (Lipinski definition) is 4. The number of piperidine rings is 1. The Morgan fingerprint density at radius 1 is 1.11 bits per heavy atom. The van der Waals surface area contributed by atoms with Crippen LogP contribution in [0.15, 0.2) is 0 Å². The Morgan fingerprint density at radius 2 is 1.67 bits per heavy atom. The summed E-state index contributed by atoms with van der Waals surface area (Å²) in [5.74, 6) is 1.38. The molecule has 0 saturated carbocycles. The van der Waals surface area contributed by atoms with Crippen LogP contribution in [0.25, 0.3) is 0 Å². The Bertz CT molecular complexity index is 339. The molecule has 0 N–H and O–H groups in total. The Kier molecular flexibility index (Phi) is 3.86. The van der Waals surface area contributed by atoms with E-state index in [2.05, 4.69) is 18.9 Å². The van der Waals surface area contributed by atoms with Crippen molar-refractivity contribution in [2.24, 2.45) is 11.8 Å². The zero-order valence-electron chi connectivity index (χ0n) is 11.4. The van der Waals surface area contributed by atoms with Crippen LogP contribution in [0.3, 0.4) is 0 Å². The molecule has 18 heavy (non-hydrogen) atoms. The van der Waals surface area contributed by atoms with Crippen LogP contribution in [0.2, 0.25) is 0 Å². The maximum absolute atomic E-state index is 5.89. The summed E-state index contributed by atoms with van der Waals surface area (Å²) in [7, 11) is 2.29. The largest absolute Gasteiger partial charge is 0.329 e. The molecule has 3 nitrogen and oxygen atoms in total. The van der Waals surface area contributed by atoms with Crippen molar-refractivity contribution in [3.8, 4) is 0 Å². The first kappa shape index (κ1) is 13.5. The van der Waals surface area contributed by atoms with E-state index in [1.807, 2.05) is 0 Å². The molecule has 3 saturated heterocycles. The van der Waals surface area contributed by atoms with E-state index in [-0.39, 0.29) is 0 Å². The van der Waals surface area contributed by atoms with Gasteiger partial charge in [0.2, 0.25) is 0 Å². The average molecular weight is 289 g/mol. The van der Waals surface area contributed by atoms with Crippen molar-refractivity contribution < 1.29 is 9.05 Å². The van der Waals surface area contributed by atoms with E-state index in [4.69, 9.17) is 20.9 Å². The fraction of sp³-hybridized carbons (Fsp3) is 1.00. The standard InChI is InChI=1S/C13H24NO2PS/c1-3-17(18)15-8-11(9-16-17)10-6-12-4-5-13(7-10)14(12)2/h10-13H,3-9H2,1-2H3. The number of nitrogens with zero attached hydrogens (tertiary/aromatic N) is 1. The van der Waals surface area contributed by atoms with Gasteiger partial charge in [0, 0.05) is 24.2 Å². The third-order valence-corrected chi connectivity index (χ3v) is 8.43. The smallest absolute Gasteiger partial charge is 0.188 e. The van der Waals surface area contributed by atoms with Gasteiger partial charge in [-0.1, -0.05) is 6.92 Å². The third-order valence-electron chi connectivity index (χ3n) is 5.16. The lowest BCUT2D eigenvalue weighted by molar-refractivity contribution is 0.0331. The molecule has 5 heteroatoms. The van der Waals surface area contributed by atoms with Crippen molar-refractivity contribution in [2.45, 2.75) is 44.7 Å². The monoisotopic (exact) mass is 289 g/mol. The Morgan fingerprint density at radius 3 is 2.17 bits per heavy atom. The van der Waals surface area contributed by atoms with Gasteiger partial charge in [-0.15, -0.1) is 0 Å². The Hall–Kier alpha value is 0.530. The molecule has 3 heterocycles. The van der Waals surface area contributed by atoms with E-state index in [9.17, 15) is 0 Å². The maximum atomic E-state index is 5.89. The van der Waals surface area contributed by atoms with Crippen molar-refractivity contribution in [3.05, 3.63) is 0 Å². The van der Waals surface area contributed by atoms with Crippen LogP contribution in [0, 0.1) is 11.8 Å². The van der Waals surface area contributed by atoms with Gasteiger partial charge in [0.05, 0.1) is 13.2 Å². The summed E-state index contributed by atoms with van der Waals surface area (Å²) >= 11 is 5.44. The third kappa shape index (κ3) is 2.43. The molecule has 2 unspecified atom stereocenters. The summed E-state index contributed by atoms with van der Waals surface area (Å²) in [4.78, 5) is 2.59. The van der Waals surface area contributed by atoms with Crippen LogP contribution >= 0.6 is 6.49 Å². The summed E-state index contributed by atoms with van der Waals surface area (Å²) in [5, 5.41) is 0. The summed E-state index contributed by atoms with van der Waals surface area (Å²) in [6.45, 7) is 1.89. The molecule has 0 radical (unpaired) electrons. The molecule has 3 rings (SSSR count). The lowest BCUT2D eigenvalue weighted by Gasteiger charge is -2.42. The zero-order valence-corrected chi connectivity index (χ0v) is 13.1. The van der Waals surface area contributed by atoms with Crippen LogP contribution < -0.4 is 0 Å². The molecule has 2 bridgehead atoms. The van der Waals surface area contributed by atoms with E-state index < -0.39 is 6.49 Å². The van der Waals surface area contributed by atoms with E-state index in [0.717, 1.165) is 37.4 Å². The van der Waals surface area contributed by atoms with Gasteiger partial charge in [-0.2, -0.15) is 0 Å². The highest BCUT2D eigenvalue weighted by Gasteiger charge is 2.42. The molecule has 0 amide bonds. The van der Waals surface area contributed by atoms with Gasteiger partial charge in [0.25, 0.3) is 0 Å². The minimum Gasteiger partial charge on any atom is -0.329 e. The highest BCUT2D eigenvalue weighted by Crippen LogP contribution is 2.53. The molecular weight excluding hydrogens is 265 g/mol. The molecule has 0 aromatic heterocycles. The Labute approximate surface area is 115 Å². The highest BCUT2D eigenvalue weighted by atomic mass is 32.5. The molecule has 0 aliphatic carbocycles. The predicted molar refractivity (Wildman–Crippen MR) is 77.5 cm³/mol. The minimum absolute atomic E-state index is 0.587. The second kappa shape index (κ2) is 5.14. The van der Waals surface area contributed by atoms with E-state index >= 15 is 0 Å². The molecule has 104 valence electrons. The van der Waals surface area contributed by atoms with Crippen molar-refractivity contribution in [3.63, 3.8) is 0 Å².